The van der Waals surface area contributed by atoms with Gasteiger partial charge in [-0.3, -0.25) is 4.79 Å². The minimum Gasteiger partial charge on any atom is -0.458 e. The van der Waals surface area contributed by atoms with Gasteiger partial charge in [0.05, 0.1) is 5.92 Å². The Morgan fingerprint density at radius 2 is 1.74 bits per heavy atom. The molecule has 0 radical (unpaired) electrons. The molecule has 5 saturated carbocycles. The Balaban J connectivity index is 1.40. The van der Waals surface area contributed by atoms with Crippen LogP contribution in [0.25, 0.3) is 0 Å². The van der Waals surface area contributed by atoms with E-state index in [2.05, 4.69) is 18.7 Å². The molecule has 6 aliphatic carbocycles. The maximum Gasteiger partial charge on any atom is 0.310 e. The summed E-state index contributed by atoms with van der Waals surface area (Å²) in [6.45, 7) is 4.00. The fraction of sp³-hybridized carbons (Fsp3) is 0.762. The first-order valence-corrected chi connectivity index (χ1v) is 9.70. The molecule has 0 aromatic carbocycles. The summed E-state index contributed by atoms with van der Waals surface area (Å²) in [5.41, 5.74) is -0.211. The maximum atomic E-state index is 13.0. The molecule has 3 atom stereocenters. The van der Waals surface area contributed by atoms with Crippen molar-refractivity contribution in [2.75, 3.05) is 0 Å². The second kappa shape index (κ2) is 4.97. The van der Waals surface area contributed by atoms with E-state index in [-0.39, 0.29) is 17.5 Å². The standard InChI is InChI=1S/C21H28O2/c1-2-5-21(17-8-14-6-15(10-17)11-18(21)9-14)23-20(22)19-12-13-3-4-16(19)7-13/h2-4,13-19H,1,5-12H2. The van der Waals surface area contributed by atoms with Gasteiger partial charge in [-0.15, -0.1) is 6.58 Å². The van der Waals surface area contributed by atoms with E-state index in [1.54, 1.807) is 0 Å². The smallest absolute Gasteiger partial charge is 0.310 e. The SMILES string of the molecule is C=CCC1(OC(=O)C2CC3C=CC2C3)C2CC3CC(C2)CC1C3. The van der Waals surface area contributed by atoms with Crippen molar-refractivity contribution in [2.24, 2.45) is 41.4 Å². The van der Waals surface area contributed by atoms with Gasteiger partial charge in [0.2, 0.25) is 0 Å². The van der Waals surface area contributed by atoms with Crippen molar-refractivity contribution in [1.29, 1.82) is 0 Å². The first-order chi connectivity index (χ1) is 11.2. The quantitative estimate of drug-likeness (QED) is 0.564. The fourth-order valence-corrected chi connectivity index (χ4v) is 7.06. The number of esters is 1. The number of carbonyl (C=O) groups is 1. The van der Waals surface area contributed by atoms with Gasteiger partial charge < -0.3 is 4.74 Å². The molecule has 0 heterocycles. The highest BCUT2D eigenvalue weighted by Gasteiger charge is 2.59. The van der Waals surface area contributed by atoms with E-state index in [1.165, 1.54) is 38.5 Å². The summed E-state index contributed by atoms with van der Waals surface area (Å²) in [6.07, 6.45) is 16.2. The number of hydrogen-bond acceptors (Lipinski definition) is 2. The lowest BCUT2D eigenvalue weighted by Gasteiger charge is -2.60. The number of fused-ring (bicyclic) bond motifs is 2. The molecule has 0 spiro atoms. The third kappa shape index (κ3) is 2.03. The topological polar surface area (TPSA) is 26.3 Å². The summed E-state index contributed by atoms with van der Waals surface area (Å²) in [4.78, 5) is 13.0. The van der Waals surface area contributed by atoms with Crippen molar-refractivity contribution in [3.05, 3.63) is 24.8 Å². The molecule has 6 aliphatic rings. The highest BCUT2D eigenvalue weighted by molar-refractivity contribution is 5.74. The fourth-order valence-electron chi connectivity index (χ4n) is 7.06. The van der Waals surface area contributed by atoms with E-state index >= 15 is 0 Å². The van der Waals surface area contributed by atoms with Gasteiger partial charge in [-0.2, -0.15) is 0 Å². The zero-order valence-corrected chi connectivity index (χ0v) is 14.0. The Morgan fingerprint density at radius 1 is 1.04 bits per heavy atom. The largest absolute Gasteiger partial charge is 0.458 e. The van der Waals surface area contributed by atoms with Crippen molar-refractivity contribution in [1.82, 2.24) is 0 Å². The average Bonchev–Trinajstić information content (AvgIpc) is 3.15. The zero-order chi connectivity index (χ0) is 15.6. The lowest BCUT2D eigenvalue weighted by Crippen LogP contribution is -2.59. The highest BCUT2D eigenvalue weighted by atomic mass is 16.6. The highest BCUT2D eigenvalue weighted by Crippen LogP contribution is 2.61. The van der Waals surface area contributed by atoms with Crippen LogP contribution in [0.2, 0.25) is 0 Å². The molecule has 0 aromatic heterocycles. The Hall–Kier alpha value is -1.05. The predicted molar refractivity (Wildman–Crippen MR) is 89.5 cm³/mol. The van der Waals surface area contributed by atoms with E-state index in [0.717, 1.165) is 24.7 Å². The molecule has 6 rings (SSSR count). The predicted octanol–water partition coefficient (Wildman–Crippen LogP) is 4.51. The van der Waals surface area contributed by atoms with Gasteiger partial charge in [0.15, 0.2) is 0 Å². The number of hydrogen-bond donors (Lipinski definition) is 0. The minimum absolute atomic E-state index is 0.108. The lowest BCUT2D eigenvalue weighted by atomic mass is 9.49. The van der Waals surface area contributed by atoms with Crippen molar-refractivity contribution < 1.29 is 9.53 Å². The molecule has 0 aliphatic heterocycles. The summed E-state index contributed by atoms with van der Waals surface area (Å²) in [7, 11) is 0. The van der Waals surface area contributed by atoms with Crippen LogP contribution in [0.3, 0.4) is 0 Å². The molecule has 5 fully saturated rings. The second-order valence-electron chi connectivity index (χ2n) is 9.06. The number of rotatable bonds is 4. The van der Waals surface area contributed by atoms with Gasteiger partial charge in [-0.25, -0.2) is 0 Å². The maximum absolute atomic E-state index is 13.0. The van der Waals surface area contributed by atoms with Crippen LogP contribution in [-0.4, -0.2) is 11.6 Å². The van der Waals surface area contributed by atoms with Gasteiger partial charge in [0.25, 0.3) is 0 Å². The van der Waals surface area contributed by atoms with E-state index in [9.17, 15) is 4.79 Å². The summed E-state index contributed by atoms with van der Waals surface area (Å²) < 4.78 is 6.45. The Morgan fingerprint density at radius 3 is 2.26 bits per heavy atom. The van der Waals surface area contributed by atoms with Gasteiger partial charge in [-0.1, -0.05) is 18.2 Å². The molecular weight excluding hydrogens is 284 g/mol. The van der Waals surface area contributed by atoms with E-state index < -0.39 is 0 Å². The molecule has 124 valence electrons. The molecule has 0 amide bonds. The number of carbonyl (C=O) groups excluding carboxylic acids is 1. The van der Waals surface area contributed by atoms with Crippen molar-refractivity contribution in [3.8, 4) is 0 Å². The molecule has 0 saturated heterocycles. The van der Waals surface area contributed by atoms with E-state index in [0.29, 0.717) is 23.7 Å². The molecule has 3 unspecified atom stereocenters. The van der Waals surface area contributed by atoms with Crippen LogP contribution in [0.4, 0.5) is 0 Å². The van der Waals surface area contributed by atoms with E-state index in [4.69, 9.17) is 4.74 Å². The van der Waals surface area contributed by atoms with Crippen molar-refractivity contribution in [2.45, 2.75) is 57.0 Å². The first-order valence-electron chi connectivity index (χ1n) is 9.70. The molecule has 23 heavy (non-hydrogen) atoms. The van der Waals surface area contributed by atoms with Crippen LogP contribution in [0.1, 0.15) is 51.4 Å². The number of allylic oxidation sites excluding steroid dienone is 2. The van der Waals surface area contributed by atoms with Crippen molar-refractivity contribution in [3.63, 3.8) is 0 Å². The molecule has 0 N–H and O–H groups in total. The van der Waals surface area contributed by atoms with E-state index in [1.807, 2.05) is 6.08 Å². The molecule has 2 nitrogen and oxygen atoms in total. The van der Waals surface area contributed by atoms with Crippen LogP contribution in [-0.2, 0) is 9.53 Å². The molecule has 0 aromatic rings. The zero-order valence-electron chi connectivity index (χ0n) is 14.0. The molecule has 2 heteroatoms. The Labute approximate surface area is 139 Å². The Bertz CT molecular complexity index is 532. The van der Waals surface area contributed by atoms with Gasteiger partial charge >= 0.3 is 5.97 Å². The van der Waals surface area contributed by atoms with Crippen LogP contribution < -0.4 is 0 Å². The first kappa shape index (κ1) is 14.3. The lowest BCUT2D eigenvalue weighted by molar-refractivity contribution is -0.213. The van der Waals surface area contributed by atoms with Crippen molar-refractivity contribution >= 4 is 5.97 Å². The minimum atomic E-state index is -0.211. The van der Waals surface area contributed by atoms with Gasteiger partial charge in [-0.05, 0) is 80.5 Å². The van der Waals surface area contributed by atoms with Gasteiger partial charge in [0, 0.05) is 6.42 Å². The van der Waals surface area contributed by atoms with Crippen LogP contribution in [0.5, 0.6) is 0 Å². The van der Waals surface area contributed by atoms with Crippen LogP contribution in [0.15, 0.2) is 24.8 Å². The van der Waals surface area contributed by atoms with Gasteiger partial charge in [0.1, 0.15) is 5.60 Å². The van der Waals surface area contributed by atoms with Crippen LogP contribution >= 0.6 is 0 Å². The monoisotopic (exact) mass is 312 g/mol. The van der Waals surface area contributed by atoms with Crippen LogP contribution in [0, 0.1) is 41.4 Å². The molecular formula is C21H28O2. The summed E-state index contributed by atoms with van der Waals surface area (Å²) in [5.74, 6) is 4.31. The summed E-state index contributed by atoms with van der Waals surface area (Å²) >= 11 is 0. The Kier molecular flexibility index (Phi) is 3.09. The third-order valence-corrected chi connectivity index (χ3v) is 7.86. The second-order valence-corrected chi connectivity index (χ2v) is 9.06. The molecule has 6 bridgehead atoms. The number of ether oxygens (including phenoxy) is 1. The normalized spacial score (nSPS) is 52.1. The summed E-state index contributed by atoms with van der Waals surface area (Å²) in [5, 5.41) is 0. The summed E-state index contributed by atoms with van der Waals surface area (Å²) in [6, 6.07) is 0. The average molecular weight is 312 g/mol. The third-order valence-electron chi connectivity index (χ3n) is 7.86.